The van der Waals surface area contributed by atoms with E-state index in [4.69, 9.17) is 4.74 Å². The van der Waals surface area contributed by atoms with Gasteiger partial charge < -0.3 is 15.4 Å². The summed E-state index contributed by atoms with van der Waals surface area (Å²) in [5.41, 5.74) is 0.432. The largest absolute Gasteiger partial charge is 0.373 e. The van der Waals surface area contributed by atoms with Gasteiger partial charge >= 0.3 is 0 Å². The van der Waals surface area contributed by atoms with Crippen LogP contribution in [0.2, 0.25) is 0 Å². The Labute approximate surface area is 133 Å². The number of ether oxygens (including phenoxy) is 1. The Morgan fingerprint density at radius 2 is 2.05 bits per heavy atom. The minimum absolute atomic E-state index is 0. The third kappa shape index (κ3) is 3.35. The second kappa shape index (κ2) is 5.76. The maximum absolute atomic E-state index is 5.88. The third-order valence-corrected chi connectivity index (χ3v) is 4.57. The van der Waals surface area contributed by atoms with Crippen molar-refractivity contribution in [2.45, 2.75) is 70.7 Å². The van der Waals surface area contributed by atoms with Gasteiger partial charge in [0.1, 0.15) is 0 Å². The van der Waals surface area contributed by atoms with E-state index in [-0.39, 0.29) is 24.0 Å². The summed E-state index contributed by atoms with van der Waals surface area (Å²) in [6.45, 7) is 7.51. The first-order valence-electron chi connectivity index (χ1n) is 7.31. The van der Waals surface area contributed by atoms with E-state index in [0.29, 0.717) is 29.7 Å². The summed E-state index contributed by atoms with van der Waals surface area (Å²) in [6, 6.07) is 1.04. The molecule has 0 radical (unpaired) electrons. The smallest absolute Gasteiger partial charge is 0.191 e. The van der Waals surface area contributed by atoms with Crippen molar-refractivity contribution < 1.29 is 4.74 Å². The van der Waals surface area contributed by atoms with E-state index >= 15 is 0 Å². The van der Waals surface area contributed by atoms with Crippen molar-refractivity contribution in [1.29, 1.82) is 0 Å². The highest BCUT2D eigenvalue weighted by atomic mass is 127. The monoisotopic (exact) mass is 379 g/mol. The molecule has 2 heterocycles. The Bertz CT molecular complexity index is 359. The molecule has 19 heavy (non-hydrogen) atoms. The van der Waals surface area contributed by atoms with Crippen molar-refractivity contribution in [2.75, 3.05) is 6.54 Å². The van der Waals surface area contributed by atoms with Crippen molar-refractivity contribution in [1.82, 2.24) is 10.6 Å². The number of hydrogen-bond acceptors (Lipinski definition) is 2. The van der Waals surface area contributed by atoms with Crippen molar-refractivity contribution in [3.05, 3.63) is 0 Å². The van der Waals surface area contributed by atoms with Crippen molar-refractivity contribution in [3.8, 4) is 0 Å². The van der Waals surface area contributed by atoms with E-state index in [1.165, 1.54) is 19.3 Å². The fourth-order valence-electron chi connectivity index (χ4n) is 3.14. The zero-order chi connectivity index (χ0) is 12.8. The van der Waals surface area contributed by atoms with Gasteiger partial charge in [-0.25, -0.2) is 0 Å². The van der Waals surface area contributed by atoms with E-state index in [0.717, 1.165) is 18.9 Å². The first-order chi connectivity index (χ1) is 8.58. The van der Waals surface area contributed by atoms with Gasteiger partial charge in [0.2, 0.25) is 0 Å². The van der Waals surface area contributed by atoms with Crippen LogP contribution < -0.4 is 10.6 Å². The molecule has 4 nitrogen and oxygen atoms in total. The summed E-state index contributed by atoms with van der Waals surface area (Å²) in [6.07, 6.45) is 5.73. The zero-order valence-electron chi connectivity index (χ0n) is 12.1. The van der Waals surface area contributed by atoms with Crippen LogP contribution in [-0.2, 0) is 4.74 Å². The maximum Gasteiger partial charge on any atom is 0.191 e. The van der Waals surface area contributed by atoms with Crippen molar-refractivity contribution in [2.24, 2.45) is 10.4 Å². The highest BCUT2D eigenvalue weighted by Crippen LogP contribution is 2.44. The molecule has 2 saturated heterocycles. The number of aliphatic imine (C=N–C) groups is 1. The molecule has 5 heteroatoms. The third-order valence-electron chi connectivity index (χ3n) is 4.57. The van der Waals surface area contributed by atoms with Crippen LogP contribution in [0.5, 0.6) is 0 Å². The minimum Gasteiger partial charge on any atom is -0.373 e. The normalized spacial score (nSPS) is 38.8. The molecule has 1 aliphatic carbocycles. The van der Waals surface area contributed by atoms with Crippen LogP contribution in [0.4, 0.5) is 0 Å². The molecule has 2 bridgehead atoms. The van der Waals surface area contributed by atoms with Crippen LogP contribution in [0.15, 0.2) is 4.99 Å². The summed E-state index contributed by atoms with van der Waals surface area (Å²) in [5.74, 6) is 0.981. The Morgan fingerprint density at radius 1 is 1.32 bits per heavy atom. The molecule has 110 valence electrons. The lowest BCUT2D eigenvalue weighted by Crippen LogP contribution is -2.48. The molecule has 0 aromatic heterocycles. The van der Waals surface area contributed by atoms with Gasteiger partial charge in [-0.3, -0.25) is 4.99 Å². The molecule has 2 N–H and O–H groups in total. The van der Waals surface area contributed by atoms with Crippen molar-refractivity contribution in [3.63, 3.8) is 0 Å². The van der Waals surface area contributed by atoms with Gasteiger partial charge in [-0.2, -0.15) is 0 Å². The van der Waals surface area contributed by atoms with Crippen LogP contribution in [-0.4, -0.2) is 36.8 Å². The molecule has 1 saturated carbocycles. The number of nitrogens with zero attached hydrogens (tertiary/aromatic N) is 1. The SMILES string of the molecule is CCN=C(NC1CC2CCC1O2)NC1CC1(C)C.I. The number of rotatable bonds is 3. The van der Waals surface area contributed by atoms with Gasteiger partial charge in [-0.1, -0.05) is 13.8 Å². The molecule has 3 aliphatic rings. The van der Waals surface area contributed by atoms with Gasteiger partial charge in [-0.05, 0) is 38.0 Å². The fraction of sp³-hybridized carbons (Fsp3) is 0.929. The molecular weight excluding hydrogens is 353 g/mol. The highest BCUT2D eigenvalue weighted by Gasteiger charge is 2.47. The summed E-state index contributed by atoms with van der Waals surface area (Å²) < 4.78 is 5.88. The molecule has 4 unspecified atom stereocenters. The predicted octanol–water partition coefficient (Wildman–Crippen LogP) is 2.28. The van der Waals surface area contributed by atoms with Gasteiger partial charge in [0.25, 0.3) is 0 Å². The first kappa shape index (κ1) is 15.4. The predicted molar refractivity (Wildman–Crippen MR) is 88.1 cm³/mol. The molecule has 0 aromatic carbocycles. The molecule has 0 spiro atoms. The summed E-state index contributed by atoms with van der Waals surface area (Å²) in [7, 11) is 0. The van der Waals surface area contributed by atoms with Crippen LogP contribution in [0, 0.1) is 5.41 Å². The van der Waals surface area contributed by atoms with Gasteiger partial charge in [0.05, 0.1) is 18.2 Å². The fourth-order valence-corrected chi connectivity index (χ4v) is 3.14. The van der Waals surface area contributed by atoms with Crippen LogP contribution in [0.3, 0.4) is 0 Å². The van der Waals surface area contributed by atoms with Crippen LogP contribution >= 0.6 is 24.0 Å². The lowest BCUT2D eigenvalue weighted by atomic mass is 9.96. The Balaban J connectivity index is 0.00000133. The lowest BCUT2D eigenvalue weighted by Gasteiger charge is -2.23. The van der Waals surface area contributed by atoms with E-state index in [1.807, 2.05) is 0 Å². The average molecular weight is 379 g/mol. The van der Waals surface area contributed by atoms with Gasteiger partial charge in [0, 0.05) is 12.6 Å². The van der Waals surface area contributed by atoms with Crippen LogP contribution in [0.25, 0.3) is 0 Å². The molecule has 4 atom stereocenters. The Morgan fingerprint density at radius 3 is 2.53 bits per heavy atom. The van der Waals surface area contributed by atoms with Crippen molar-refractivity contribution >= 4 is 29.9 Å². The number of fused-ring (bicyclic) bond motifs is 2. The first-order valence-corrected chi connectivity index (χ1v) is 7.31. The van der Waals surface area contributed by atoms with E-state index < -0.39 is 0 Å². The molecule has 0 amide bonds. The molecule has 3 fully saturated rings. The number of halogens is 1. The van der Waals surface area contributed by atoms with Crippen LogP contribution in [0.1, 0.15) is 46.5 Å². The summed E-state index contributed by atoms with van der Waals surface area (Å²) >= 11 is 0. The second-order valence-corrected chi connectivity index (χ2v) is 6.57. The second-order valence-electron chi connectivity index (χ2n) is 6.57. The Kier molecular flexibility index (Phi) is 4.65. The zero-order valence-corrected chi connectivity index (χ0v) is 14.4. The average Bonchev–Trinajstić information content (AvgIpc) is 2.72. The number of guanidine groups is 1. The Hall–Kier alpha value is -0.0400. The lowest BCUT2D eigenvalue weighted by molar-refractivity contribution is 0.0992. The maximum atomic E-state index is 5.88. The topological polar surface area (TPSA) is 45.7 Å². The minimum atomic E-state index is 0. The summed E-state index contributed by atoms with van der Waals surface area (Å²) in [5, 5.41) is 7.12. The van der Waals surface area contributed by atoms with E-state index in [9.17, 15) is 0 Å². The van der Waals surface area contributed by atoms with Gasteiger partial charge in [-0.15, -0.1) is 24.0 Å². The quantitative estimate of drug-likeness (QED) is 0.449. The number of hydrogen-bond donors (Lipinski definition) is 2. The highest BCUT2D eigenvalue weighted by molar-refractivity contribution is 14.0. The molecule has 0 aromatic rings. The van der Waals surface area contributed by atoms with Gasteiger partial charge in [0.15, 0.2) is 5.96 Å². The molecule has 2 aliphatic heterocycles. The van der Waals surface area contributed by atoms with E-state index in [2.05, 4.69) is 36.4 Å². The molecule has 3 rings (SSSR count). The standard InChI is InChI=1S/C14H25N3O.HI/c1-4-15-13(17-12-8-14(12,2)3)16-10-7-9-5-6-11(10)18-9;/h9-12H,4-8H2,1-3H3,(H2,15,16,17);1H. The summed E-state index contributed by atoms with van der Waals surface area (Å²) in [4.78, 5) is 4.56. The van der Waals surface area contributed by atoms with E-state index in [1.54, 1.807) is 0 Å². The number of nitrogens with one attached hydrogen (secondary N) is 2. The molecular formula is C14H26IN3O.